The van der Waals surface area contributed by atoms with Crippen molar-refractivity contribution < 1.29 is 9.81 Å². The molecular formula is C14H21N7O2. The Morgan fingerprint density at radius 3 is 2.78 bits per heavy atom. The molecule has 0 aliphatic carbocycles. The molecule has 2 heterocycles. The monoisotopic (exact) mass is 319 g/mol. The molecule has 1 aromatic heterocycles. The van der Waals surface area contributed by atoms with Crippen LogP contribution in [-0.4, -0.2) is 51.7 Å². The smallest absolute Gasteiger partial charge is 0.233 e. The summed E-state index contributed by atoms with van der Waals surface area (Å²) in [5, 5.41) is 25.7. The zero-order chi connectivity index (χ0) is 17.0. The van der Waals surface area contributed by atoms with E-state index in [2.05, 4.69) is 15.2 Å². The predicted octanol–water partition coefficient (Wildman–Crippen LogP) is 1.47. The van der Waals surface area contributed by atoms with Crippen LogP contribution in [-0.2, 0) is 4.84 Å². The molecule has 23 heavy (non-hydrogen) atoms. The molecule has 0 bridgehead atoms. The van der Waals surface area contributed by atoms with E-state index in [4.69, 9.17) is 10.1 Å². The summed E-state index contributed by atoms with van der Waals surface area (Å²) in [6.45, 7) is 7.03. The molecule has 1 aliphatic heterocycles. The molecule has 0 radical (unpaired) electrons. The Labute approximate surface area is 135 Å². The van der Waals surface area contributed by atoms with Crippen LogP contribution in [0.5, 0.6) is 0 Å². The van der Waals surface area contributed by atoms with Gasteiger partial charge in [-0.3, -0.25) is 0 Å². The van der Waals surface area contributed by atoms with E-state index in [1.54, 1.807) is 13.2 Å². The van der Waals surface area contributed by atoms with Gasteiger partial charge < -0.3 is 14.9 Å². The van der Waals surface area contributed by atoms with Gasteiger partial charge in [-0.15, -0.1) is 5.01 Å². The van der Waals surface area contributed by atoms with Crippen LogP contribution in [0.3, 0.4) is 0 Å². The third kappa shape index (κ3) is 4.18. The van der Waals surface area contributed by atoms with Crippen LogP contribution in [0.25, 0.3) is 0 Å². The molecule has 0 unspecified atom stereocenters. The van der Waals surface area contributed by atoms with Gasteiger partial charge in [0.15, 0.2) is 11.8 Å². The molecule has 9 heteroatoms. The summed E-state index contributed by atoms with van der Waals surface area (Å²) in [5.41, 5.74) is -0.0584. The van der Waals surface area contributed by atoms with Gasteiger partial charge in [0.1, 0.15) is 11.9 Å². The molecule has 1 aliphatic rings. The fraction of sp³-hybridized carbons (Fsp3) is 0.643. The maximum atomic E-state index is 11.9. The summed E-state index contributed by atoms with van der Waals surface area (Å²) in [6.07, 6.45) is 3.55. The summed E-state index contributed by atoms with van der Waals surface area (Å²) in [4.78, 5) is 16.0. The Morgan fingerprint density at radius 1 is 1.48 bits per heavy atom. The third-order valence-electron chi connectivity index (χ3n) is 3.72. The average Bonchev–Trinajstić information content (AvgIpc) is 3.00. The largest absolute Gasteiger partial charge is 0.569 e. The molecule has 0 aromatic carbocycles. The third-order valence-corrected chi connectivity index (χ3v) is 3.72. The fourth-order valence-corrected chi connectivity index (χ4v) is 1.98. The van der Waals surface area contributed by atoms with Crippen LogP contribution in [0.2, 0.25) is 0 Å². The van der Waals surface area contributed by atoms with E-state index in [1.165, 1.54) is 11.2 Å². The highest BCUT2D eigenvalue weighted by Gasteiger charge is 2.28. The van der Waals surface area contributed by atoms with E-state index < -0.39 is 0 Å². The topological polar surface area (TPSA) is 104 Å². The first kappa shape index (κ1) is 16.7. The Balaban J connectivity index is 1.91. The first-order chi connectivity index (χ1) is 10.8. The molecule has 9 nitrogen and oxygen atoms in total. The van der Waals surface area contributed by atoms with Crippen LogP contribution in [0.15, 0.2) is 17.7 Å². The molecule has 1 atom stereocenters. The Hall–Kier alpha value is -2.63. The Bertz CT molecular complexity index is 603. The SMILES string of the molecule is CN(/[N+]([O-])=N\O[C@@H]1CCN(c2cnc(C#N)cn2)C1)C(C)(C)C. The summed E-state index contributed by atoms with van der Waals surface area (Å²) in [5.74, 6) is 0.681. The number of anilines is 1. The molecule has 1 aromatic rings. The maximum Gasteiger partial charge on any atom is 0.233 e. The number of nitriles is 1. The molecule has 1 saturated heterocycles. The highest BCUT2D eigenvalue weighted by atomic mass is 16.7. The number of rotatable bonds is 4. The molecule has 124 valence electrons. The number of hydrogen-bond acceptors (Lipinski definition) is 7. The molecule has 2 rings (SSSR count). The lowest BCUT2D eigenvalue weighted by Gasteiger charge is -2.26. The first-order valence-corrected chi connectivity index (χ1v) is 7.36. The second-order valence-electron chi connectivity index (χ2n) is 6.36. The Kier molecular flexibility index (Phi) is 4.83. The minimum absolute atomic E-state index is 0.183. The van der Waals surface area contributed by atoms with Crippen molar-refractivity contribution in [2.24, 2.45) is 5.28 Å². The molecule has 0 N–H and O–H groups in total. The number of aromatic nitrogens is 2. The second kappa shape index (κ2) is 6.64. The minimum atomic E-state index is -0.339. The van der Waals surface area contributed by atoms with Crippen molar-refractivity contribution in [3.8, 4) is 6.07 Å². The lowest BCUT2D eigenvalue weighted by Crippen LogP contribution is -2.42. The quantitative estimate of drug-likeness (QED) is 0.470. The van der Waals surface area contributed by atoms with Crippen LogP contribution < -0.4 is 4.90 Å². The lowest BCUT2D eigenvalue weighted by atomic mass is 10.1. The van der Waals surface area contributed by atoms with Gasteiger partial charge in [-0.25, -0.2) is 9.97 Å². The van der Waals surface area contributed by atoms with Crippen LogP contribution in [0.4, 0.5) is 5.82 Å². The van der Waals surface area contributed by atoms with E-state index in [1.807, 2.05) is 31.7 Å². The van der Waals surface area contributed by atoms with Crippen molar-refractivity contribution >= 4 is 5.82 Å². The van der Waals surface area contributed by atoms with E-state index in [0.717, 1.165) is 13.0 Å². The van der Waals surface area contributed by atoms with E-state index in [0.29, 0.717) is 17.3 Å². The number of hydrazine groups is 1. The van der Waals surface area contributed by atoms with Gasteiger partial charge in [0.05, 0.1) is 36.5 Å². The number of nitrogens with zero attached hydrogens (tertiary/aromatic N) is 7. The normalized spacial score (nSPS) is 18.7. The van der Waals surface area contributed by atoms with Crippen molar-refractivity contribution in [3.05, 3.63) is 23.3 Å². The van der Waals surface area contributed by atoms with Crippen LogP contribution >= 0.6 is 0 Å². The van der Waals surface area contributed by atoms with Gasteiger partial charge in [-0.1, -0.05) is 0 Å². The van der Waals surface area contributed by atoms with E-state index in [9.17, 15) is 5.21 Å². The number of hydrogen-bond donors (Lipinski definition) is 0. The van der Waals surface area contributed by atoms with Crippen molar-refractivity contribution in [2.45, 2.75) is 38.8 Å². The standard InChI is InChI=1S/C14H21N7O2/c1-14(2,3)19(4)21(22)18-23-12-5-6-20(10-12)13-9-16-11(7-15)8-17-13/h8-9,12H,5-6,10H2,1-4H3/b21-18+/t12-/m1/s1. The summed E-state index contributed by atoms with van der Waals surface area (Å²) >= 11 is 0. The highest BCUT2D eigenvalue weighted by Crippen LogP contribution is 2.19. The van der Waals surface area contributed by atoms with Gasteiger partial charge in [0.25, 0.3) is 0 Å². The summed E-state index contributed by atoms with van der Waals surface area (Å²) < 4.78 is 0. The zero-order valence-corrected chi connectivity index (χ0v) is 13.8. The lowest BCUT2D eigenvalue weighted by molar-refractivity contribution is -0.720. The van der Waals surface area contributed by atoms with Crippen molar-refractivity contribution in [1.82, 2.24) is 15.0 Å². The van der Waals surface area contributed by atoms with Crippen molar-refractivity contribution in [1.29, 1.82) is 5.26 Å². The molecule has 1 fully saturated rings. The predicted molar refractivity (Wildman–Crippen MR) is 82.0 cm³/mol. The van der Waals surface area contributed by atoms with Gasteiger partial charge in [-0.05, 0) is 20.8 Å². The van der Waals surface area contributed by atoms with Crippen molar-refractivity contribution in [3.63, 3.8) is 0 Å². The molecular weight excluding hydrogens is 298 g/mol. The molecule has 0 amide bonds. The van der Waals surface area contributed by atoms with Crippen LogP contribution in [0.1, 0.15) is 32.9 Å². The van der Waals surface area contributed by atoms with Crippen molar-refractivity contribution in [2.75, 3.05) is 25.0 Å². The van der Waals surface area contributed by atoms with Gasteiger partial charge >= 0.3 is 0 Å². The zero-order valence-electron chi connectivity index (χ0n) is 13.8. The van der Waals surface area contributed by atoms with E-state index in [-0.39, 0.29) is 17.3 Å². The van der Waals surface area contributed by atoms with Crippen LogP contribution in [0, 0.1) is 16.5 Å². The molecule has 0 saturated carbocycles. The van der Waals surface area contributed by atoms with Gasteiger partial charge in [0, 0.05) is 13.0 Å². The summed E-state index contributed by atoms with van der Waals surface area (Å²) in [6, 6.07) is 1.93. The minimum Gasteiger partial charge on any atom is -0.569 e. The maximum absolute atomic E-state index is 11.9. The first-order valence-electron chi connectivity index (χ1n) is 7.36. The average molecular weight is 319 g/mol. The molecule has 0 spiro atoms. The Morgan fingerprint density at radius 2 is 2.22 bits per heavy atom. The highest BCUT2D eigenvalue weighted by molar-refractivity contribution is 5.38. The van der Waals surface area contributed by atoms with E-state index >= 15 is 0 Å². The van der Waals surface area contributed by atoms with Gasteiger partial charge in [-0.2, -0.15) is 5.26 Å². The van der Waals surface area contributed by atoms with Gasteiger partial charge in [0.2, 0.25) is 5.28 Å². The summed E-state index contributed by atoms with van der Waals surface area (Å²) in [7, 11) is 1.66. The fourth-order valence-electron chi connectivity index (χ4n) is 1.98. The second-order valence-corrected chi connectivity index (χ2v) is 6.36.